The van der Waals surface area contributed by atoms with Gasteiger partial charge in [0, 0.05) is 17.2 Å². The predicted molar refractivity (Wildman–Crippen MR) is 65.9 cm³/mol. The van der Waals surface area contributed by atoms with Gasteiger partial charge in [0.05, 0.1) is 4.92 Å². The molecule has 104 valence electrons. The highest BCUT2D eigenvalue weighted by Gasteiger charge is 2.17. The lowest BCUT2D eigenvalue weighted by Gasteiger charge is -2.04. The minimum atomic E-state index is -1.24. The van der Waals surface area contributed by atoms with Crippen LogP contribution in [0.15, 0.2) is 28.8 Å². The molecule has 1 heterocycles. The molecule has 2 aromatic rings. The summed E-state index contributed by atoms with van der Waals surface area (Å²) in [6.45, 7) is -0.192. The number of carboxylic acid groups (broad SMARTS) is 1. The SMILES string of the molecule is O=C(O)c1cc(COc2ccc(Cl)cc2[N+](=O)[O-])on1. The molecule has 9 heteroatoms. The maximum Gasteiger partial charge on any atom is 0.358 e. The van der Waals surface area contributed by atoms with E-state index >= 15 is 0 Å². The van der Waals surface area contributed by atoms with Crippen LogP contribution in [0, 0.1) is 10.1 Å². The third-order valence-corrected chi connectivity index (χ3v) is 2.50. The zero-order valence-corrected chi connectivity index (χ0v) is 10.5. The Balaban J connectivity index is 2.14. The third kappa shape index (κ3) is 3.04. The molecule has 0 bridgehead atoms. The number of benzene rings is 1. The van der Waals surface area contributed by atoms with Crippen LogP contribution >= 0.6 is 11.6 Å². The van der Waals surface area contributed by atoms with Crippen molar-refractivity contribution in [2.75, 3.05) is 0 Å². The molecular formula is C11H7ClN2O6. The fourth-order valence-electron chi connectivity index (χ4n) is 1.39. The second kappa shape index (κ2) is 5.57. The first-order valence-corrected chi connectivity index (χ1v) is 5.61. The van der Waals surface area contributed by atoms with Crippen molar-refractivity contribution in [3.63, 3.8) is 0 Å². The van der Waals surface area contributed by atoms with Gasteiger partial charge in [0.25, 0.3) is 0 Å². The smallest absolute Gasteiger partial charge is 0.358 e. The lowest BCUT2D eigenvalue weighted by atomic mass is 10.3. The lowest BCUT2D eigenvalue weighted by molar-refractivity contribution is -0.385. The minimum Gasteiger partial charge on any atom is -0.479 e. The Bertz CT molecular complexity index is 669. The monoisotopic (exact) mass is 298 g/mol. The molecular weight excluding hydrogens is 292 g/mol. The van der Waals surface area contributed by atoms with Gasteiger partial charge in [0.1, 0.15) is 6.61 Å². The van der Waals surface area contributed by atoms with Crippen LogP contribution in [0.1, 0.15) is 16.2 Å². The van der Waals surface area contributed by atoms with E-state index in [1.165, 1.54) is 18.2 Å². The molecule has 0 aliphatic rings. The summed E-state index contributed by atoms with van der Waals surface area (Å²) in [4.78, 5) is 20.8. The maximum atomic E-state index is 10.8. The zero-order valence-electron chi connectivity index (χ0n) is 9.78. The number of aromatic nitrogens is 1. The number of halogens is 1. The topological polar surface area (TPSA) is 116 Å². The molecule has 0 fully saturated rings. The number of hydrogen-bond donors (Lipinski definition) is 1. The Labute approximate surface area is 116 Å². The number of nitro groups is 1. The van der Waals surface area contributed by atoms with E-state index in [1.54, 1.807) is 0 Å². The van der Waals surface area contributed by atoms with Gasteiger partial charge in [0.2, 0.25) is 0 Å². The van der Waals surface area contributed by atoms with Crippen LogP contribution in [-0.4, -0.2) is 21.2 Å². The first-order valence-electron chi connectivity index (χ1n) is 5.23. The predicted octanol–water partition coefficient (Wildman–Crippen LogP) is 2.51. The molecule has 8 nitrogen and oxygen atoms in total. The molecule has 0 atom stereocenters. The molecule has 0 radical (unpaired) electrons. The second-order valence-electron chi connectivity index (χ2n) is 3.64. The number of rotatable bonds is 5. The fourth-order valence-corrected chi connectivity index (χ4v) is 1.55. The van der Waals surface area contributed by atoms with Crippen LogP contribution in [0.2, 0.25) is 5.02 Å². The molecule has 1 aromatic heterocycles. The Morgan fingerprint density at radius 2 is 2.25 bits per heavy atom. The van der Waals surface area contributed by atoms with Gasteiger partial charge in [-0.3, -0.25) is 10.1 Å². The van der Waals surface area contributed by atoms with E-state index in [9.17, 15) is 14.9 Å². The fraction of sp³-hybridized carbons (Fsp3) is 0.0909. The van der Waals surface area contributed by atoms with Crippen molar-refractivity contribution in [3.8, 4) is 5.75 Å². The van der Waals surface area contributed by atoms with Crippen molar-refractivity contribution in [1.82, 2.24) is 5.16 Å². The van der Waals surface area contributed by atoms with Gasteiger partial charge in [-0.1, -0.05) is 16.8 Å². The molecule has 20 heavy (non-hydrogen) atoms. The molecule has 0 aliphatic carbocycles. The molecule has 1 aromatic carbocycles. The van der Waals surface area contributed by atoms with Crippen LogP contribution < -0.4 is 4.74 Å². The Morgan fingerprint density at radius 1 is 1.50 bits per heavy atom. The van der Waals surface area contributed by atoms with E-state index < -0.39 is 10.9 Å². The Kier molecular flexibility index (Phi) is 3.85. The molecule has 2 rings (SSSR count). The number of carbonyl (C=O) groups is 1. The first kappa shape index (κ1) is 13.8. The van der Waals surface area contributed by atoms with Gasteiger partial charge >= 0.3 is 11.7 Å². The van der Waals surface area contributed by atoms with E-state index in [1.807, 2.05) is 0 Å². The average molecular weight is 299 g/mol. The normalized spacial score (nSPS) is 10.2. The molecule has 0 spiro atoms. The standard InChI is InChI=1S/C11H7ClN2O6/c12-6-1-2-10(9(3-6)14(17)18)19-5-7-4-8(11(15)16)13-20-7/h1-4H,5H2,(H,15,16). The second-order valence-corrected chi connectivity index (χ2v) is 4.08. The third-order valence-electron chi connectivity index (χ3n) is 2.27. The zero-order chi connectivity index (χ0) is 14.7. The van der Waals surface area contributed by atoms with Gasteiger partial charge in [0.15, 0.2) is 17.2 Å². The summed E-state index contributed by atoms with van der Waals surface area (Å²) in [5.74, 6) is -1.11. The van der Waals surface area contributed by atoms with Gasteiger partial charge in [-0.15, -0.1) is 0 Å². The van der Waals surface area contributed by atoms with E-state index in [0.717, 1.165) is 6.07 Å². The summed E-state index contributed by atoms with van der Waals surface area (Å²) in [6.07, 6.45) is 0. The van der Waals surface area contributed by atoms with Crippen molar-refractivity contribution in [1.29, 1.82) is 0 Å². The highest BCUT2D eigenvalue weighted by Crippen LogP contribution is 2.30. The highest BCUT2D eigenvalue weighted by atomic mass is 35.5. The van der Waals surface area contributed by atoms with E-state index in [2.05, 4.69) is 5.16 Å². The summed E-state index contributed by atoms with van der Waals surface area (Å²) < 4.78 is 9.93. The van der Waals surface area contributed by atoms with Gasteiger partial charge < -0.3 is 14.4 Å². The summed E-state index contributed by atoms with van der Waals surface area (Å²) in [5, 5.41) is 23.0. The van der Waals surface area contributed by atoms with Crippen molar-refractivity contribution in [3.05, 3.63) is 50.9 Å². The minimum absolute atomic E-state index is 0.00678. The molecule has 0 amide bonds. The molecule has 0 unspecified atom stereocenters. The summed E-state index contributed by atoms with van der Waals surface area (Å²) in [5.41, 5.74) is -0.565. The quantitative estimate of drug-likeness (QED) is 0.665. The van der Waals surface area contributed by atoms with E-state index in [0.29, 0.717) is 0 Å². The number of nitrogens with zero attached hydrogens (tertiary/aromatic N) is 2. The first-order chi connectivity index (χ1) is 9.47. The molecule has 1 N–H and O–H groups in total. The number of nitro benzene ring substituents is 1. The van der Waals surface area contributed by atoms with Crippen LogP contribution in [0.5, 0.6) is 5.75 Å². The lowest BCUT2D eigenvalue weighted by Crippen LogP contribution is -1.98. The van der Waals surface area contributed by atoms with Crippen molar-refractivity contribution >= 4 is 23.3 Å². The van der Waals surface area contributed by atoms with Crippen LogP contribution in [-0.2, 0) is 6.61 Å². The Morgan fingerprint density at radius 3 is 2.85 bits per heavy atom. The van der Waals surface area contributed by atoms with Crippen LogP contribution in [0.3, 0.4) is 0 Å². The number of ether oxygens (including phenoxy) is 1. The Hall–Kier alpha value is -2.61. The molecule has 0 saturated heterocycles. The van der Waals surface area contributed by atoms with Crippen molar-refractivity contribution in [2.24, 2.45) is 0 Å². The van der Waals surface area contributed by atoms with E-state index in [-0.39, 0.29) is 34.5 Å². The summed E-state index contributed by atoms with van der Waals surface area (Å²) in [6, 6.07) is 5.10. The highest BCUT2D eigenvalue weighted by molar-refractivity contribution is 6.30. The summed E-state index contributed by atoms with van der Waals surface area (Å²) in [7, 11) is 0. The van der Waals surface area contributed by atoms with Crippen LogP contribution in [0.25, 0.3) is 0 Å². The molecule has 0 saturated carbocycles. The molecule has 0 aliphatic heterocycles. The summed E-state index contributed by atoms with van der Waals surface area (Å²) >= 11 is 5.66. The van der Waals surface area contributed by atoms with Crippen molar-refractivity contribution < 1.29 is 24.1 Å². The number of hydrogen-bond acceptors (Lipinski definition) is 6. The number of aromatic carboxylic acids is 1. The van der Waals surface area contributed by atoms with E-state index in [4.69, 9.17) is 26.0 Å². The van der Waals surface area contributed by atoms with Crippen LogP contribution in [0.4, 0.5) is 5.69 Å². The maximum absolute atomic E-state index is 10.8. The number of carboxylic acids is 1. The largest absolute Gasteiger partial charge is 0.479 e. The van der Waals surface area contributed by atoms with Crippen molar-refractivity contribution in [2.45, 2.75) is 6.61 Å². The van der Waals surface area contributed by atoms with Gasteiger partial charge in [-0.05, 0) is 12.1 Å². The van der Waals surface area contributed by atoms with Gasteiger partial charge in [-0.25, -0.2) is 4.79 Å². The average Bonchev–Trinajstić information content (AvgIpc) is 2.86. The van der Waals surface area contributed by atoms with Gasteiger partial charge in [-0.2, -0.15) is 0 Å².